The number of hydrogen-bond acceptors (Lipinski definition) is 6. The number of rotatable bonds is 7. The Morgan fingerprint density at radius 3 is 2.52 bits per heavy atom. The zero-order valence-electron chi connectivity index (χ0n) is 13.6. The fourth-order valence-corrected chi connectivity index (χ4v) is 2.05. The third kappa shape index (κ3) is 5.06. The van der Waals surface area contributed by atoms with Crippen LogP contribution in [0.5, 0.6) is 0 Å². The Labute approximate surface area is 143 Å². The lowest BCUT2D eigenvalue weighted by molar-refractivity contribution is -0.385. The van der Waals surface area contributed by atoms with E-state index < -0.39 is 10.8 Å². The molecule has 0 radical (unpaired) electrons. The number of hydrogen-bond donors (Lipinski definition) is 2. The summed E-state index contributed by atoms with van der Waals surface area (Å²) in [5.41, 5.74) is 0.844. The van der Waals surface area contributed by atoms with Crippen molar-refractivity contribution in [2.45, 2.75) is 13.3 Å². The topological polar surface area (TPSA) is 127 Å². The van der Waals surface area contributed by atoms with Gasteiger partial charge < -0.3 is 10.6 Å². The van der Waals surface area contributed by atoms with Gasteiger partial charge in [0.2, 0.25) is 0 Å². The van der Waals surface area contributed by atoms with Crippen molar-refractivity contribution in [3.63, 3.8) is 0 Å². The van der Waals surface area contributed by atoms with Gasteiger partial charge in [0.05, 0.1) is 11.1 Å². The molecule has 1 heterocycles. The van der Waals surface area contributed by atoms with Crippen molar-refractivity contribution in [3.8, 4) is 0 Å². The molecule has 0 saturated heterocycles. The van der Waals surface area contributed by atoms with Gasteiger partial charge in [0.15, 0.2) is 0 Å². The Morgan fingerprint density at radius 1 is 1.16 bits per heavy atom. The Balaban J connectivity index is 1.76. The van der Waals surface area contributed by atoms with Crippen molar-refractivity contribution >= 4 is 17.5 Å². The van der Waals surface area contributed by atoms with Gasteiger partial charge in [0.25, 0.3) is 17.5 Å². The van der Waals surface area contributed by atoms with Gasteiger partial charge in [-0.25, -0.2) is 4.98 Å². The standard InChI is InChI=1S/C16H17N5O4/c1-11-3-4-12(9-14(11)21(24)25)15(22)19-5-2-6-20-16(23)13-10-17-7-8-18-13/h3-4,7-10H,2,5-6H2,1H3,(H,19,22)(H,20,23). The van der Waals surface area contributed by atoms with Crippen LogP contribution >= 0.6 is 0 Å². The zero-order valence-corrected chi connectivity index (χ0v) is 13.6. The summed E-state index contributed by atoms with van der Waals surface area (Å²) in [5.74, 6) is -0.739. The van der Waals surface area contributed by atoms with Gasteiger partial charge in [-0.3, -0.25) is 24.7 Å². The lowest BCUT2D eigenvalue weighted by Gasteiger charge is -2.07. The van der Waals surface area contributed by atoms with E-state index in [0.717, 1.165) is 0 Å². The number of aromatic nitrogens is 2. The van der Waals surface area contributed by atoms with Crippen molar-refractivity contribution in [2.24, 2.45) is 0 Å². The molecule has 9 heteroatoms. The summed E-state index contributed by atoms with van der Waals surface area (Å²) in [6, 6.07) is 4.32. The van der Waals surface area contributed by atoms with E-state index in [1.54, 1.807) is 6.92 Å². The fraction of sp³-hybridized carbons (Fsp3) is 0.250. The molecule has 2 rings (SSSR count). The van der Waals surface area contributed by atoms with E-state index in [0.29, 0.717) is 25.1 Å². The van der Waals surface area contributed by atoms with Crippen LogP contribution in [-0.2, 0) is 0 Å². The SMILES string of the molecule is Cc1ccc(C(=O)NCCCNC(=O)c2cnccn2)cc1[N+](=O)[O-]. The molecular weight excluding hydrogens is 326 g/mol. The highest BCUT2D eigenvalue weighted by atomic mass is 16.6. The summed E-state index contributed by atoms with van der Waals surface area (Å²) in [6.45, 7) is 2.28. The first kappa shape index (κ1) is 18.0. The smallest absolute Gasteiger partial charge is 0.273 e. The molecule has 0 saturated carbocycles. The summed E-state index contributed by atoms with van der Waals surface area (Å²) < 4.78 is 0. The average Bonchev–Trinajstić information content (AvgIpc) is 2.62. The molecule has 1 aromatic carbocycles. The van der Waals surface area contributed by atoms with Crippen LogP contribution in [0.15, 0.2) is 36.8 Å². The van der Waals surface area contributed by atoms with Crippen LogP contribution in [0.1, 0.15) is 32.8 Å². The highest BCUT2D eigenvalue weighted by Gasteiger charge is 2.14. The van der Waals surface area contributed by atoms with Gasteiger partial charge in [-0.2, -0.15) is 0 Å². The van der Waals surface area contributed by atoms with Crippen molar-refractivity contribution in [1.29, 1.82) is 0 Å². The van der Waals surface area contributed by atoms with E-state index in [1.807, 2.05) is 0 Å². The third-order valence-corrected chi connectivity index (χ3v) is 3.39. The molecule has 0 aliphatic heterocycles. The summed E-state index contributed by atoms with van der Waals surface area (Å²) in [4.78, 5) is 41.8. The second kappa shape index (κ2) is 8.48. The van der Waals surface area contributed by atoms with Gasteiger partial charge in [-0.05, 0) is 19.4 Å². The highest BCUT2D eigenvalue weighted by Crippen LogP contribution is 2.19. The first-order valence-corrected chi connectivity index (χ1v) is 7.56. The van der Waals surface area contributed by atoms with Gasteiger partial charge in [-0.15, -0.1) is 0 Å². The number of nitrogens with zero attached hydrogens (tertiary/aromatic N) is 3. The Hall–Kier alpha value is -3.36. The summed E-state index contributed by atoms with van der Waals surface area (Å²) in [5, 5.41) is 16.2. The zero-order chi connectivity index (χ0) is 18.2. The van der Waals surface area contributed by atoms with Crippen LogP contribution in [0.2, 0.25) is 0 Å². The van der Waals surface area contributed by atoms with Crippen LogP contribution in [-0.4, -0.2) is 39.8 Å². The second-order valence-corrected chi connectivity index (χ2v) is 5.21. The van der Waals surface area contributed by atoms with E-state index in [-0.39, 0.29) is 22.9 Å². The van der Waals surface area contributed by atoms with Crippen LogP contribution < -0.4 is 10.6 Å². The fourth-order valence-electron chi connectivity index (χ4n) is 2.05. The van der Waals surface area contributed by atoms with E-state index in [2.05, 4.69) is 20.6 Å². The number of nitro groups is 1. The molecule has 0 unspecified atom stereocenters. The molecule has 9 nitrogen and oxygen atoms in total. The first-order valence-electron chi connectivity index (χ1n) is 7.56. The normalized spacial score (nSPS) is 10.1. The van der Waals surface area contributed by atoms with Crippen molar-refractivity contribution in [1.82, 2.24) is 20.6 Å². The van der Waals surface area contributed by atoms with E-state index in [1.165, 1.54) is 36.8 Å². The maximum Gasteiger partial charge on any atom is 0.273 e. The van der Waals surface area contributed by atoms with Crippen LogP contribution in [0.3, 0.4) is 0 Å². The molecule has 2 amide bonds. The molecule has 130 valence electrons. The van der Waals surface area contributed by atoms with Gasteiger partial charge in [0.1, 0.15) is 5.69 Å². The van der Waals surface area contributed by atoms with Crippen LogP contribution in [0.25, 0.3) is 0 Å². The van der Waals surface area contributed by atoms with Crippen molar-refractivity contribution in [2.75, 3.05) is 13.1 Å². The Morgan fingerprint density at radius 2 is 1.88 bits per heavy atom. The van der Waals surface area contributed by atoms with Crippen LogP contribution in [0, 0.1) is 17.0 Å². The van der Waals surface area contributed by atoms with Gasteiger partial charge in [-0.1, -0.05) is 6.07 Å². The number of carbonyl (C=O) groups is 2. The van der Waals surface area contributed by atoms with E-state index >= 15 is 0 Å². The first-order chi connectivity index (χ1) is 12.0. The largest absolute Gasteiger partial charge is 0.352 e. The number of nitrogens with one attached hydrogen (secondary N) is 2. The molecule has 0 bridgehead atoms. The van der Waals surface area contributed by atoms with Crippen molar-refractivity contribution < 1.29 is 14.5 Å². The van der Waals surface area contributed by atoms with Gasteiger partial charge in [0, 0.05) is 42.7 Å². The minimum absolute atomic E-state index is 0.0936. The lowest BCUT2D eigenvalue weighted by Crippen LogP contribution is -2.30. The predicted molar refractivity (Wildman–Crippen MR) is 89.1 cm³/mol. The highest BCUT2D eigenvalue weighted by molar-refractivity contribution is 5.95. The molecule has 0 aliphatic rings. The predicted octanol–water partition coefficient (Wildman–Crippen LogP) is 1.24. The molecule has 0 spiro atoms. The molecule has 0 fully saturated rings. The number of amides is 2. The minimum Gasteiger partial charge on any atom is -0.352 e. The lowest BCUT2D eigenvalue weighted by atomic mass is 10.1. The molecule has 25 heavy (non-hydrogen) atoms. The summed E-state index contributed by atoms with van der Waals surface area (Å²) in [6.07, 6.45) is 4.77. The number of nitro benzene ring substituents is 1. The van der Waals surface area contributed by atoms with E-state index in [4.69, 9.17) is 0 Å². The Bertz CT molecular complexity index is 779. The Kier molecular flexibility index (Phi) is 6.10. The van der Waals surface area contributed by atoms with E-state index in [9.17, 15) is 19.7 Å². The molecule has 1 aromatic heterocycles. The summed E-state index contributed by atoms with van der Waals surface area (Å²) in [7, 11) is 0. The number of carbonyl (C=O) groups excluding carboxylic acids is 2. The number of benzene rings is 1. The molecular formula is C16H17N5O4. The summed E-state index contributed by atoms with van der Waals surface area (Å²) >= 11 is 0. The van der Waals surface area contributed by atoms with Gasteiger partial charge >= 0.3 is 0 Å². The average molecular weight is 343 g/mol. The minimum atomic E-state index is -0.520. The molecule has 2 N–H and O–H groups in total. The third-order valence-electron chi connectivity index (χ3n) is 3.39. The second-order valence-electron chi connectivity index (χ2n) is 5.21. The van der Waals surface area contributed by atoms with Crippen molar-refractivity contribution in [3.05, 3.63) is 63.7 Å². The van der Waals surface area contributed by atoms with Crippen LogP contribution in [0.4, 0.5) is 5.69 Å². The maximum absolute atomic E-state index is 12.0. The molecule has 2 aromatic rings. The maximum atomic E-state index is 12.0. The monoisotopic (exact) mass is 343 g/mol. The number of aryl methyl sites for hydroxylation is 1. The molecule has 0 atom stereocenters. The molecule has 0 aliphatic carbocycles. The quantitative estimate of drug-likeness (QED) is 0.442.